The molecule has 1 saturated carbocycles. The molecule has 11 heavy (non-hydrogen) atoms. The highest BCUT2D eigenvalue weighted by atomic mass is 16.5. The number of nitrogens with one attached hydrogen (secondary N) is 1. The van der Waals surface area contributed by atoms with Gasteiger partial charge in [-0.15, -0.1) is 0 Å². The van der Waals surface area contributed by atoms with E-state index in [9.17, 15) is 0 Å². The number of ether oxygens (including phenoxy) is 1. The van der Waals surface area contributed by atoms with Gasteiger partial charge in [0.15, 0.2) is 0 Å². The molecule has 0 radical (unpaired) electrons. The van der Waals surface area contributed by atoms with E-state index < -0.39 is 0 Å². The van der Waals surface area contributed by atoms with Crippen LogP contribution in [0.3, 0.4) is 0 Å². The second kappa shape index (κ2) is 2.76. The van der Waals surface area contributed by atoms with Gasteiger partial charge in [-0.1, -0.05) is 0 Å². The van der Waals surface area contributed by atoms with Gasteiger partial charge in [0.2, 0.25) is 0 Å². The second-order valence-corrected chi connectivity index (χ2v) is 3.88. The van der Waals surface area contributed by atoms with Gasteiger partial charge in [0.1, 0.15) is 0 Å². The molecule has 2 aliphatic rings. The van der Waals surface area contributed by atoms with Crippen molar-refractivity contribution in [1.82, 2.24) is 5.32 Å². The Morgan fingerprint density at radius 2 is 2.36 bits per heavy atom. The van der Waals surface area contributed by atoms with Gasteiger partial charge in [0, 0.05) is 18.6 Å². The van der Waals surface area contributed by atoms with Crippen LogP contribution in [0.15, 0.2) is 0 Å². The molecule has 0 aromatic rings. The van der Waals surface area contributed by atoms with Crippen molar-refractivity contribution >= 4 is 0 Å². The highest BCUT2D eigenvalue weighted by Gasteiger charge is 2.49. The molecule has 0 bridgehead atoms. The Kier molecular flexibility index (Phi) is 1.90. The molecular formula is C9H17NO. The average Bonchev–Trinajstić information content (AvgIpc) is 2.77. The maximum absolute atomic E-state index is 5.22. The highest BCUT2D eigenvalue weighted by Crippen LogP contribution is 2.46. The fourth-order valence-corrected chi connectivity index (χ4v) is 2.27. The van der Waals surface area contributed by atoms with Gasteiger partial charge in [-0.05, 0) is 32.2 Å². The molecule has 64 valence electrons. The van der Waals surface area contributed by atoms with Crippen molar-refractivity contribution in [1.29, 1.82) is 0 Å². The van der Waals surface area contributed by atoms with Gasteiger partial charge in [-0.2, -0.15) is 0 Å². The van der Waals surface area contributed by atoms with Crippen molar-refractivity contribution in [2.24, 2.45) is 5.92 Å². The van der Waals surface area contributed by atoms with E-state index in [1.165, 1.54) is 32.2 Å². The standard InChI is InChI=1S/C9H17NO/c1-11-7-8-3-2-6-10-9(8)4-5-9/h8,10H,2-7H2,1H3. The molecule has 0 aromatic heterocycles. The SMILES string of the molecule is COCC1CCCNC12CC2. The minimum atomic E-state index is 0.522. The number of hydrogen-bond acceptors (Lipinski definition) is 2. The monoisotopic (exact) mass is 155 g/mol. The van der Waals surface area contributed by atoms with Crippen molar-refractivity contribution in [3.63, 3.8) is 0 Å². The normalized spacial score (nSPS) is 34.1. The van der Waals surface area contributed by atoms with E-state index in [2.05, 4.69) is 5.32 Å². The zero-order valence-electron chi connectivity index (χ0n) is 7.23. The van der Waals surface area contributed by atoms with Crippen molar-refractivity contribution in [2.45, 2.75) is 31.2 Å². The molecule has 1 atom stereocenters. The quantitative estimate of drug-likeness (QED) is 0.646. The first kappa shape index (κ1) is 7.56. The minimum absolute atomic E-state index is 0.522. The smallest absolute Gasteiger partial charge is 0.0508 e. The Labute approximate surface area is 68.3 Å². The van der Waals surface area contributed by atoms with Crippen LogP contribution in [0.2, 0.25) is 0 Å². The van der Waals surface area contributed by atoms with Gasteiger partial charge in [-0.25, -0.2) is 0 Å². The summed E-state index contributed by atoms with van der Waals surface area (Å²) in [6, 6.07) is 0. The first-order valence-corrected chi connectivity index (χ1v) is 4.61. The largest absolute Gasteiger partial charge is 0.384 e. The summed E-state index contributed by atoms with van der Waals surface area (Å²) in [7, 11) is 1.81. The molecular weight excluding hydrogens is 138 g/mol. The van der Waals surface area contributed by atoms with Crippen LogP contribution in [0, 0.1) is 5.92 Å². The third-order valence-electron chi connectivity index (χ3n) is 3.14. The van der Waals surface area contributed by atoms with Gasteiger partial charge in [-0.3, -0.25) is 0 Å². The van der Waals surface area contributed by atoms with Crippen LogP contribution in [0.5, 0.6) is 0 Å². The Morgan fingerprint density at radius 3 is 3.00 bits per heavy atom. The van der Waals surface area contributed by atoms with Crippen molar-refractivity contribution in [3.05, 3.63) is 0 Å². The molecule has 2 fully saturated rings. The fourth-order valence-electron chi connectivity index (χ4n) is 2.27. The molecule has 2 rings (SSSR count). The third kappa shape index (κ3) is 1.30. The molecule has 2 nitrogen and oxygen atoms in total. The summed E-state index contributed by atoms with van der Waals surface area (Å²) >= 11 is 0. The summed E-state index contributed by atoms with van der Waals surface area (Å²) < 4.78 is 5.22. The first-order valence-electron chi connectivity index (χ1n) is 4.61. The van der Waals surface area contributed by atoms with Crippen LogP contribution in [0.4, 0.5) is 0 Å². The van der Waals surface area contributed by atoms with Crippen molar-refractivity contribution in [2.75, 3.05) is 20.3 Å². The molecule has 0 amide bonds. The van der Waals surface area contributed by atoms with Crippen LogP contribution in [-0.2, 0) is 4.74 Å². The van der Waals surface area contributed by atoms with E-state index in [1.54, 1.807) is 0 Å². The maximum Gasteiger partial charge on any atom is 0.0508 e. The van der Waals surface area contributed by atoms with E-state index in [0.717, 1.165) is 12.5 Å². The highest BCUT2D eigenvalue weighted by molar-refractivity contribution is 5.08. The van der Waals surface area contributed by atoms with Crippen LogP contribution in [-0.4, -0.2) is 25.8 Å². The van der Waals surface area contributed by atoms with E-state index in [1.807, 2.05) is 7.11 Å². The summed E-state index contributed by atoms with van der Waals surface area (Å²) in [4.78, 5) is 0. The summed E-state index contributed by atoms with van der Waals surface area (Å²) in [6.45, 7) is 2.17. The minimum Gasteiger partial charge on any atom is -0.384 e. The zero-order valence-corrected chi connectivity index (χ0v) is 7.23. The maximum atomic E-state index is 5.22. The summed E-state index contributed by atoms with van der Waals surface area (Å²) in [5.74, 6) is 0.793. The molecule has 0 aromatic carbocycles. The first-order chi connectivity index (χ1) is 5.37. The molecule has 1 spiro atoms. The van der Waals surface area contributed by atoms with E-state index >= 15 is 0 Å². The summed E-state index contributed by atoms with van der Waals surface area (Å²) in [6.07, 6.45) is 5.44. The van der Waals surface area contributed by atoms with E-state index in [0.29, 0.717) is 5.54 Å². The van der Waals surface area contributed by atoms with Crippen LogP contribution in [0.25, 0.3) is 0 Å². The van der Waals surface area contributed by atoms with Crippen molar-refractivity contribution in [3.8, 4) is 0 Å². The van der Waals surface area contributed by atoms with Crippen LogP contribution in [0.1, 0.15) is 25.7 Å². The molecule has 1 unspecified atom stereocenters. The molecule has 2 heteroatoms. The average molecular weight is 155 g/mol. The summed E-state index contributed by atoms with van der Waals surface area (Å²) in [5, 5.41) is 3.62. The van der Waals surface area contributed by atoms with E-state index in [-0.39, 0.29) is 0 Å². The van der Waals surface area contributed by atoms with Gasteiger partial charge in [0.05, 0.1) is 6.61 Å². The lowest BCUT2D eigenvalue weighted by molar-refractivity contribution is 0.104. The second-order valence-electron chi connectivity index (χ2n) is 3.88. The Bertz CT molecular complexity index is 140. The molecule has 1 aliphatic heterocycles. The molecule has 1 saturated heterocycles. The van der Waals surface area contributed by atoms with Crippen molar-refractivity contribution < 1.29 is 4.74 Å². The Hall–Kier alpha value is -0.0800. The Balaban J connectivity index is 1.93. The molecule has 1 heterocycles. The number of methoxy groups -OCH3 is 1. The van der Waals surface area contributed by atoms with Crippen LogP contribution >= 0.6 is 0 Å². The lowest BCUT2D eigenvalue weighted by atomic mass is 9.89. The van der Waals surface area contributed by atoms with Crippen LogP contribution < -0.4 is 5.32 Å². The number of rotatable bonds is 2. The topological polar surface area (TPSA) is 21.3 Å². The van der Waals surface area contributed by atoms with Gasteiger partial charge >= 0.3 is 0 Å². The van der Waals surface area contributed by atoms with Gasteiger partial charge < -0.3 is 10.1 Å². The number of hydrogen-bond donors (Lipinski definition) is 1. The fraction of sp³-hybridized carbons (Fsp3) is 1.00. The van der Waals surface area contributed by atoms with Gasteiger partial charge in [0.25, 0.3) is 0 Å². The van der Waals surface area contributed by atoms with E-state index in [4.69, 9.17) is 4.74 Å². The zero-order chi connectivity index (χ0) is 7.73. The predicted octanol–water partition coefficient (Wildman–Crippen LogP) is 1.17. The molecule has 1 aliphatic carbocycles. The third-order valence-corrected chi connectivity index (χ3v) is 3.14. The molecule has 1 N–H and O–H groups in total. The number of piperidine rings is 1. The predicted molar refractivity (Wildman–Crippen MR) is 44.6 cm³/mol. The Morgan fingerprint density at radius 1 is 1.55 bits per heavy atom. The summed E-state index contributed by atoms with van der Waals surface area (Å²) in [5.41, 5.74) is 0.522. The lowest BCUT2D eigenvalue weighted by Gasteiger charge is -2.32. The lowest BCUT2D eigenvalue weighted by Crippen LogP contribution is -2.45.